The number of hydrogen-bond acceptors (Lipinski definition) is 5. The van der Waals surface area contributed by atoms with Gasteiger partial charge in [0.25, 0.3) is 0 Å². The van der Waals surface area contributed by atoms with Gasteiger partial charge >= 0.3 is 0 Å². The number of rotatable bonds is 1. The molecule has 6 heteroatoms. The highest BCUT2D eigenvalue weighted by atomic mass is 32.1. The summed E-state index contributed by atoms with van der Waals surface area (Å²) in [5, 5.41) is 13.3. The molecule has 0 aliphatic heterocycles. The van der Waals surface area contributed by atoms with E-state index in [1.807, 2.05) is 5.38 Å². The van der Waals surface area contributed by atoms with Crippen molar-refractivity contribution in [3.05, 3.63) is 17.9 Å². The number of hydrogen-bond donors (Lipinski definition) is 0. The molecule has 5 nitrogen and oxygen atoms in total. The first-order valence-corrected chi connectivity index (χ1v) is 3.47. The zero-order chi connectivity index (χ0) is 6.81. The highest BCUT2D eigenvalue weighted by Crippen LogP contribution is 2.06. The van der Waals surface area contributed by atoms with Gasteiger partial charge in [-0.05, 0) is 10.4 Å². The van der Waals surface area contributed by atoms with Gasteiger partial charge in [-0.2, -0.15) is 4.68 Å². The molecule has 50 valence electrons. The summed E-state index contributed by atoms with van der Waals surface area (Å²) in [6, 6.07) is 0. The maximum Gasteiger partial charge on any atom is 0.213 e. The van der Waals surface area contributed by atoms with Gasteiger partial charge in [-0.3, -0.25) is 0 Å². The van der Waals surface area contributed by atoms with E-state index in [0.29, 0.717) is 0 Å². The highest BCUT2D eigenvalue weighted by Gasteiger charge is 1.97. The Balaban J connectivity index is 2.48. The Morgan fingerprint density at radius 1 is 1.50 bits per heavy atom. The normalized spacial score (nSPS) is 10.0. The van der Waals surface area contributed by atoms with Crippen LogP contribution in [-0.2, 0) is 0 Å². The maximum absolute atomic E-state index is 4.00. The SMILES string of the molecule is c1csc(-n2cnnn2)n1. The highest BCUT2D eigenvalue weighted by molar-refractivity contribution is 7.12. The first kappa shape index (κ1) is 5.48. The first-order chi connectivity index (χ1) is 4.97. The summed E-state index contributed by atoms with van der Waals surface area (Å²) in [5.41, 5.74) is 0. The second-order valence-electron chi connectivity index (χ2n) is 1.57. The molecule has 2 heterocycles. The van der Waals surface area contributed by atoms with Crippen LogP contribution in [0, 0.1) is 0 Å². The maximum atomic E-state index is 4.00. The molecule has 0 unspecified atom stereocenters. The molecule has 0 saturated carbocycles. The van der Waals surface area contributed by atoms with E-state index >= 15 is 0 Å². The summed E-state index contributed by atoms with van der Waals surface area (Å²) >= 11 is 1.49. The van der Waals surface area contributed by atoms with E-state index in [1.54, 1.807) is 6.20 Å². The Bertz CT molecular complexity index is 253. The summed E-state index contributed by atoms with van der Waals surface area (Å²) in [4.78, 5) is 4.00. The fourth-order valence-electron chi connectivity index (χ4n) is 0.578. The average molecular weight is 153 g/mol. The monoisotopic (exact) mass is 153 g/mol. The summed E-state index contributed by atoms with van der Waals surface area (Å²) in [5.74, 6) is 0. The van der Waals surface area contributed by atoms with Gasteiger partial charge in [0.05, 0.1) is 0 Å². The standard InChI is InChI=1S/C4H3N5S/c1-2-10-4(5-1)9-3-6-7-8-9/h1-3H. The minimum absolute atomic E-state index is 0.782. The third-order valence-corrected chi connectivity index (χ3v) is 1.73. The lowest BCUT2D eigenvalue weighted by atomic mass is 11.0. The lowest BCUT2D eigenvalue weighted by Gasteiger charge is -1.85. The van der Waals surface area contributed by atoms with Gasteiger partial charge in [0.15, 0.2) is 0 Å². The summed E-state index contributed by atoms with van der Waals surface area (Å²) in [6.07, 6.45) is 3.22. The zero-order valence-electron chi connectivity index (χ0n) is 4.88. The van der Waals surface area contributed by atoms with Crippen molar-refractivity contribution in [1.82, 2.24) is 25.2 Å². The van der Waals surface area contributed by atoms with E-state index in [1.165, 1.54) is 22.3 Å². The molecule has 0 radical (unpaired) electrons. The van der Waals surface area contributed by atoms with Crippen molar-refractivity contribution < 1.29 is 0 Å². The molecule has 0 amide bonds. The molecule has 2 aromatic heterocycles. The average Bonchev–Trinajstić information content (AvgIpc) is 2.59. The number of thiazole rings is 1. The minimum atomic E-state index is 0.782. The van der Waals surface area contributed by atoms with Crippen LogP contribution >= 0.6 is 11.3 Å². The van der Waals surface area contributed by atoms with E-state index in [-0.39, 0.29) is 0 Å². The van der Waals surface area contributed by atoms with Crippen LogP contribution in [0.15, 0.2) is 17.9 Å². The topological polar surface area (TPSA) is 56.5 Å². The molecule has 2 aromatic rings. The Hall–Kier alpha value is -1.30. The fraction of sp³-hybridized carbons (Fsp3) is 0. The van der Waals surface area contributed by atoms with Crippen LogP contribution in [0.4, 0.5) is 0 Å². The van der Waals surface area contributed by atoms with Gasteiger partial charge in [-0.25, -0.2) is 4.98 Å². The third-order valence-electron chi connectivity index (χ3n) is 0.964. The number of aromatic nitrogens is 5. The summed E-state index contributed by atoms with van der Waals surface area (Å²) in [6.45, 7) is 0. The van der Waals surface area contributed by atoms with E-state index in [9.17, 15) is 0 Å². The molecule has 2 rings (SSSR count). The molecule has 10 heavy (non-hydrogen) atoms. The van der Waals surface area contributed by atoms with Crippen LogP contribution in [0.2, 0.25) is 0 Å². The van der Waals surface area contributed by atoms with Crippen molar-refractivity contribution in [2.75, 3.05) is 0 Å². The fourth-order valence-corrected chi connectivity index (χ4v) is 1.13. The Kier molecular flexibility index (Phi) is 1.17. The van der Waals surface area contributed by atoms with Crippen molar-refractivity contribution in [1.29, 1.82) is 0 Å². The second-order valence-corrected chi connectivity index (χ2v) is 2.44. The van der Waals surface area contributed by atoms with Crippen molar-refractivity contribution in [2.24, 2.45) is 0 Å². The van der Waals surface area contributed by atoms with Gasteiger partial charge in [0, 0.05) is 11.6 Å². The van der Waals surface area contributed by atoms with Gasteiger partial charge in [-0.15, -0.1) is 16.4 Å². The van der Waals surface area contributed by atoms with E-state index < -0.39 is 0 Å². The van der Waals surface area contributed by atoms with Crippen molar-refractivity contribution in [3.63, 3.8) is 0 Å². The predicted octanol–water partition coefficient (Wildman–Crippen LogP) is 0.119. The van der Waals surface area contributed by atoms with Gasteiger partial charge < -0.3 is 0 Å². The van der Waals surface area contributed by atoms with E-state index in [0.717, 1.165) is 5.13 Å². The number of tetrazole rings is 1. The quantitative estimate of drug-likeness (QED) is 0.583. The van der Waals surface area contributed by atoms with Crippen molar-refractivity contribution in [3.8, 4) is 5.13 Å². The number of nitrogens with zero attached hydrogens (tertiary/aromatic N) is 5. The summed E-state index contributed by atoms with van der Waals surface area (Å²) < 4.78 is 1.52. The molecular formula is C4H3N5S. The van der Waals surface area contributed by atoms with Crippen LogP contribution < -0.4 is 0 Å². The summed E-state index contributed by atoms with van der Waals surface area (Å²) in [7, 11) is 0. The molecule has 0 aliphatic carbocycles. The lowest BCUT2D eigenvalue weighted by Crippen LogP contribution is -1.92. The molecule has 0 aromatic carbocycles. The van der Waals surface area contributed by atoms with Crippen molar-refractivity contribution in [2.45, 2.75) is 0 Å². The minimum Gasteiger partial charge on any atom is -0.227 e. The van der Waals surface area contributed by atoms with Crippen LogP contribution in [0.5, 0.6) is 0 Å². The smallest absolute Gasteiger partial charge is 0.213 e. The Morgan fingerprint density at radius 3 is 3.10 bits per heavy atom. The lowest BCUT2D eigenvalue weighted by molar-refractivity contribution is 0.784. The van der Waals surface area contributed by atoms with Crippen molar-refractivity contribution >= 4 is 11.3 Å². The molecule has 0 atom stereocenters. The second kappa shape index (κ2) is 2.14. The Morgan fingerprint density at radius 2 is 2.50 bits per heavy atom. The predicted molar refractivity (Wildman–Crippen MR) is 34.8 cm³/mol. The molecule has 0 fully saturated rings. The van der Waals surface area contributed by atoms with Crippen LogP contribution in [0.25, 0.3) is 5.13 Å². The van der Waals surface area contributed by atoms with Gasteiger partial charge in [0.1, 0.15) is 6.33 Å². The first-order valence-electron chi connectivity index (χ1n) is 2.59. The molecule has 0 bridgehead atoms. The van der Waals surface area contributed by atoms with E-state index in [4.69, 9.17) is 0 Å². The van der Waals surface area contributed by atoms with Crippen LogP contribution in [0.3, 0.4) is 0 Å². The molecule has 0 saturated heterocycles. The third kappa shape index (κ3) is 0.781. The zero-order valence-corrected chi connectivity index (χ0v) is 5.69. The van der Waals surface area contributed by atoms with E-state index in [2.05, 4.69) is 20.5 Å². The molecule has 0 spiro atoms. The molecular weight excluding hydrogens is 150 g/mol. The Labute approximate surface area is 60.3 Å². The molecule has 0 N–H and O–H groups in total. The van der Waals surface area contributed by atoms with Crippen LogP contribution in [0.1, 0.15) is 0 Å². The van der Waals surface area contributed by atoms with Gasteiger partial charge in [0.2, 0.25) is 5.13 Å². The van der Waals surface area contributed by atoms with Gasteiger partial charge in [-0.1, -0.05) is 0 Å². The van der Waals surface area contributed by atoms with Crippen LogP contribution in [-0.4, -0.2) is 25.2 Å². The molecule has 0 aliphatic rings. The largest absolute Gasteiger partial charge is 0.227 e.